The minimum atomic E-state index is -0.485. The van der Waals surface area contributed by atoms with E-state index >= 15 is 0 Å². The summed E-state index contributed by atoms with van der Waals surface area (Å²) >= 11 is 0. The maximum Gasteiger partial charge on any atom is 0.250 e. The van der Waals surface area contributed by atoms with Crippen LogP contribution in [-0.2, 0) is 11.2 Å². The Kier molecular flexibility index (Phi) is 4.79. The molecule has 3 N–H and O–H groups in total. The van der Waals surface area contributed by atoms with Crippen molar-refractivity contribution in [1.82, 2.24) is 4.90 Å². The first-order valence-corrected chi connectivity index (χ1v) is 9.76. The fourth-order valence-corrected chi connectivity index (χ4v) is 4.18. The SMILES string of the molecule is C[C@H](CCc1ccc(O)cc1)N1CCC2(CC1)Nc1ccccc1NC2=O. The topological polar surface area (TPSA) is 64.6 Å². The van der Waals surface area contributed by atoms with Crippen molar-refractivity contribution in [3.63, 3.8) is 0 Å². The molecule has 1 atom stereocenters. The lowest BCUT2D eigenvalue weighted by Gasteiger charge is -2.45. The monoisotopic (exact) mass is 365 g/mol. The third kappa shape index (κ3) is 3.65. The van der Waals surface area contributed by atoms with Crippen molar-refractivity contribution >= 4 is 17.3 Å². The number of likely N-dealkylation sites (tertiary alicyclic amines) is 1. The molecular formula is C22H27N3O2. The summed E-state index contributed by atoms with van der Waals surface area (Å²) in [6.07, 6.45) is 3.70. The summed E-state index contributed by atoms with van der Waals surface area (Å²) in [6.45, 7) is 4.10. The molecule has 2 heterocycles. The average Bonchev–Trinajstić information content (AvgIpc) is 2.69. The van der Waals surface area contributed by atoms with Crippen LogP contribution in [0.25, 0.3) is 0 Å². The highest BCUT2D eigenvalue weighted by atomic mass is 16.3. The highest BCUT2D eigenvalue weighted by molar-refractivity contribution is 6.06. The molecule has 1 fully saturated rings. The molecule has 0 aliphatic carbocycles. The molecule has 1 saturated heterocycles. The van der Waals surface area contributed by atoms with E-state index in [0.717, 1.165) is 50.1 Å². The largest absolute Gasteiger partial charge is 0.508 e. The Labute approximate surface area is 160 Å². The van der Waals surface area contributed by atoms with Crippen LogP contribution >= 0.6 is 0 Å². The van der Waals surface area contributed by atoms with Gasteiger partial charge in [0.25, 0.3) is 0 Å². The summed E-state index contributed by atoms with van der Waals surface area (Å²) in [4.78, 5) is 15.2. The number of hydrogen-bond donors (Lipinski definition) is 3. The van der Waals surface area contributed by atoms with Gasteiger partial charge >= 0.3 is 0 Å². The lowest BCUT2D eigenvalue weighted by atomic mass is 9.83. The number of carbonyl (C=O) groups is 1. The van der Waals surface area contributed by atoms with Gasteiger partial charge in [-0.2, -0.15) is 0 Å². The number of carbonyl (C=O) groups excluding carboxylic acids is 1. The van der Waals surface area contributed by atoms with Crippen molar-refractivity contribution in [2.45, 2.75) is 44.2 Å². The molecule has 2 aromatic carbocycles. The molecule has 0 bridgehead atoms. The van der Waals surface area contributed by atoms with Gasteiger partial charge in [-0.3, -0.25) is 4.79 Å². The lowest BCUT2D eigenvalue weighted by molar-refractivity contribution is -0.122. The van der Waals surface area contributed by atoms with E-state index in [0.29, 0.717) is 11.8 Å². The van der Waals surface area contributed by atoms with Crippen molar-refractivity contribution in [3.05, 3.63) is 54.1 Å². The first-order valence-electron chi connectivity index (χ1n) is 9.76. The van der Waals surface area contributed by atoms with Gasteiger partial charge in [-0.1, -0.05) is 24.3 Å². The number of amides is 1. The summed E-state index contributed by atoms with van der Waals surface area (Å²) in [5.74, 6) is 0.408. The molecule has 2 aliphatic heterocycles. The van der Waals surface area contributed by atoms with Gasteiger partial charge in [-0.15, -0.1) is 0 Å². The fraction of sp³-hybridized carbons (Fsp3) is 0.409. The van der Waals surface area contributed by atoms with Crippen molar-refractivity contribution < 1.29 is 9.90 Å². The summed E-state index contributed by atoms with van der Waals surface area (Å²) in [5, 5.41) is 16.0. The number of phenolic OH excluding ortho intramolecular Hbond substituents is 1. The van der Waals surface area contributed by atoms with E-state index in [1.807, 2.05) is 36.4 Å². The van der Waals surface area contributed by atoms with E-state index in [1.54, 1.807) is 12.1 Å². The Morgan fingerprint density at radius 1 is 1.07 bits per heavy atom. The Morgan fingerprint density at radius 2 is 1.74 bits per heavy atom. The van der Waals surface area contributed by atoms with Gasteiger partial charge in [0.2, 0.25) is 5.91 Å². The smallest absolute Gasteiger partial charge is 0.250 e. The zero-order chi connectivity index (χ0) is 18.9. The minimum Gasteiger partial charge on any atom is -0.508 e. The molecule has 5 heteroatoms. The molecule has 142 valence electrons. The standard InChI is InChI=1S/C22H27N3O2/c1-16(6-7-17-8-10-18(26)11-9-17)25-14-12-22(13-15-25)21(27)23-19-4-2-3-5-20(19)24-22/h2-5,8-11,16,24,26H,6-7,12-15H2,1H3,(H,23,27)/t16-/m1/s1. The number of piperidine rings is 1. The minimum absolute atomic E-state index is 0.0950. The van der Waals surface area contributed by atoms with Gasteiger partial charge < -0.3 is 20.6 Å². The first kappa shape index (κ1) is 17.9. The highest BCUT2D eigenvalue weighted by Crippen LogP contribution is 2.36. The fourth-order valence-electron chi connectivity index (χ4n) is 4.18. The lowest BCUT2D eigenvalue weighted by Crippen LogP contribution is -2.59. The van der Waals surface area contributed by atoms with Gasteiger partial charge in [-0.25, -0.2) is 0 Å². The van der Waals surface area contributed by atoms with Crippen molar-refractivity contribution in [1.29, 1.82) is 0 Å². The quantitative estimate of drug-likeness (QED) is 0.774. The normalized spacial score (nSPS) is 19.8. The van der Waals surface area contributed by atoms with E-state index in [4.69, 9.17) is 0 Å². The molecule has 0 saturated carbocycles. The molecule has 1 amide bonds. The van der Waals surface area contributed by atoms with Crippen LogP contribution in [0.15, 0.2) is 48.5 Å². The van der Waals surface area contributed by atoms with Gasteiger partial charge in [0.1, 0.15) is 11.3 Å². The third-order valence-corrected chi connectivity index (χ3v) is 6.05. The van der Waals surface area contributed by atoms with Crippen LogP contribution in [0.5, 0.6) is 5.75 Å². The molecule has 2 aromatic rings. The van der Waals surface area contributed by atoms with Crippen LogP contribution in [0.2, 0.25) is 0 Å². The molecular weight excluding hydrogens is 338 g/mol. The molecule has 0 unspecified atom stereocenters. The zero-order valence-corrected chi connectivity index (χ0v) is 15.7. The molecule has 0 aromatic heterocycles. The second-order valence-electron chi connectivity index (χ2n) is 7.80. The van der Waals surface area contributed by atoms with E-state index in [-0.39, 0.29) is 5.91 Å². The summed E-state index contributed by atoms with van der Waals surface area (Å²) < 4.78 is 0. The molecule has 27 heavy (non-hydrogen) atoms. The molecule has 4 rings (SSSR count). The Balaban J connectivity index is 1.34. The highest BCUT2D eigenvalue weighted by Gasteiger charge is 2.44. The predicted molar refractivity (Wildman–Crippen MR) is 108 cm³/mol. The molecule has 1 spiro atoms. The van der Waals surface area contributed by atoms with Crippen LogP contribution in [0.3, 0.4) is 0 Å². The van der Waals surface area contributed by atoms with E-state index < -0.39 is 5.54 Å². The maximum absolute atomic E-state index is 12.7. The van der Waals surface area contributed by atoms with Crippen LogP contribution in [0, 0.1) is 0 Å². The van der Waals surface area contributed by atoms with Crippen LogP contribution < -0.4 is 10.6 Å². The number of phenols is 1. The van der Waals surface area contributed by atoms with Gasteiger partial charge in [0.05, 0.1) is 11.4 Å². The molecule has 5 nitrogen and oxygen atoms in total. The Hall–Kier alpha value is -2.53. The number of aryl methyl sites for hydroxylation is 1. The van der Waals surface area contributed by atoms with E-state index in [9.17, 15) is 9.90 Å². The third-order valence-electron chi connectivity index (χ3n) is 6.05. The number of fused-ring (bicyclic) bond motifs is 1. The van der Waals surface area contributed by atoms with Gasteiger partial charge in [-0.05, 0) is 62.4 Å². The second-order valence-corrected chi connectivity index (χ2v) is 7.80. The van der Waals surface area contributed by atoms with Crippen LogP contribution in [-0.4, -0.2) is 40.6 Å². The van der Waals surface area contributed by atoms with Crippen LogP contribution in [0.1, 0.15) is 31.7 Å². The summed E-state index contributed by atoms with van der Waals surface area (Å²) in [5.41, 5.74) is 2.66. The number of para-hydroxylation sites is 2. The number of nitrogens with zero attached hydrogens (tertiary/aromatic N) is 1. The second kappa shape index (κ2) is 7.24. The number of benzene rings is 2. The summed E-state index contributed by atoms with van der Waals surface area (Å²) in [7, 11) is 0. The zero-order valence-electron chi connectivity index (χ0n) is 15.7. The predicted octanol–water partition coefficient (Wildman–Crippen LogP) is 3.61. The number of rotatable bonds is 4. The van der Waals surface area contributed by atoms with Gasteiger partial charge in [0, 0.05) is 19.1 Å². The van der Waals surface area contributed by atoms with Crippen LogP contribution in [0.4, 0.5) is 11.4 Å². The Morgan fingerprint density at radius 3 is 2.44 bits per heavy atom. The Bertz CT molecular complexity index is 811. The van der Waals surface area contributed by atoms with Crippen molar-refractivity contribution in [2.24, 2.45) is 0 Å². The van der Waals surface area contributed by atoms with E-state index in [2.05, 4.69) is 22.5 Å². The number of anilines is 2. The number of nitrogens with one attached hydrogen (secondary N) is 2. The summed E-state index contributed by atoms with van der Waals surface area (Å²) in [6, 6.07) is 15.8. The maximum atomic E-state index is 12.7. The molecule has 2 aliphatic rings. The first-order chi connectivity index (χ1) is 13.1. The van der Waals surface area contributed by atoms with Crippen molar-refractivity contribution in [3.8, 4) is 5.75 Å². The number of aromatic hydroxyl groups is 1. The van der Waals surface area contributed by atoms with Gasteiger partial charge in [0.15, 0.2) is 0 Å². The number of hydrogen-bond acceptors (Lipinski definition) is 4. The average molecular weight is 365 g/mol. The van der Waals surface area contributed by atoms with Crippen molar-refractivity contribution in [2.75, 3.05) is 23.7 Å². The van der Waals surface area contributed by atoms with E-state index in [1.165, 1.54) is 5.56 Å². The molecule has 0 radical (unpaired) electrons.